The van der Waals surface area contributed by atoms with Gasteiger partial charge in [-0.1, -0.05) is 0 Å². The number of rotatable bonds is 5. The maximum atomic E-state index is 10.5. The number of hydrogen-bond donors (Lipinski definition) is 1. The molecule has 1 aromatic carbocycles. The third-order valence-electron chi connectivity index (χ3n) is 2.51. The summed E-state index contributed by atoms with van der Waals surface area (Å²) in [6.07, 6.45) is 1.52. The topological polar surface area (TPSA) is 85.5 Å². The highest BCUT2D eigenvalue weighted by molar-refractivity contribution is 5.32. The summed E-state index contributed by atoms with van der Waals surface area (Å²) in [6, 6.07) is 9.55. The van der Waals surface area contributed by atoms with Crippen LogP contribution in [0.25, 0.3) is 0 Å². The number of nitrogens with zero attached hydrogens (tertiary/aromatic N) is 2. The Bertz CT molecular complexity index is 552. The van der Waals surface area contributed by atoms with Crippen molar-refractivity contribution in [2.45, 2.75) is 13.2 Å². The van der Waals surface area contributed by atoms with Crippen LogP contribution >= 0.6 is 0 Å². The summed E-state index contributed by atoms with van der Waals surface area (Å²) in [6.45, 7) is 0.195. The predicted octanol–water partition coefficient (Wildman–Crippen LogP) is 2.06. The number of aromatic nitrogens is 1. The molecule has 0 radical (unpaired) electrons. The first-order valence-corrected chi connectivity index (χ1v) is 5.61. The van der Waals surface area contributed by atoms with Gasteiger partial charge < -0.3 is 9.84 Å². The first kappa shape index (κ1) is 13.0. The SMILES string of the molecule is O=[N+]([O-])c1ccc(COc2ccc(CO)nc2)cc1. The molecule has 0 aliphatic rings. The molecule has 0 aliphatic heterocycles. The van der Waals surface area contributed by atoms with Crippen LogP contribution < -0.4 is 4.74 Å². The lowest BCUT2D eigenvalue weighted by molar-refractivity contribution is -0.384. The van der Waals surface area contributed by atoms with E-state index in [4.69, 9.17) is 9.84 Å². The molecule has 0 saturated heterocycles. The molecule has 98 valence electrons. The maximum absolute atomic E-state index is 10.5. The highest BCUT2D eigenvalue weighted by Gasteiger charge is 2.04. The molecule has 0 saturated carbocycles. The van der Waals surface area contributed by atoms with E-state index in [0.717, 1.165) is 5.56 Å². The molecule has 0 unspecified atom stereocenters. The van der Waals surface area contributed by atoms with Gasteiger partial charge in [-0.05, 0) is 29.8 Å². The van der Waals surface area contributed by atoms with Crippen LogP contribution in [0.1, 0.15) is 11.3 Å². The fourth-order valence-corrected chi connectivity index (χ4v) is 1.47. The van der Waals surface area contributed by atoms with Crippen LogP contribution in [0.15, 0.2) is 42.6 Å². The monoisotopic (exact) mass is 260 g/mol. The molecule has 0 amide bonds. The van der Waals surface area contributed by atoms with Crippen LogP contribution in [-0.2, 0) is 13.2 Å². The standard InChI is InChI=1S/C13H12N2O4/c16-8-11-3-6-13(7-14-11)19-9-10-1-4-12(5-2-10)15(17)18/h1-7,16H,8-9H2. The van der Waals surface area contributed by atoms with Crippen molar-refractivity contribution in [3.8, 4) is 5.75 Å². The van der Waals surface area contributed by atoms with E-state index in [0.29, 0.717) is 18.1 Å². The van der Waals surface area contributed by atoms with Gasteiger partial charge in [0.15, 0.2) is 0 Å². The lowest BCUT2D eigenvalue weighted by Crippen LogP contribution is -1.97. The summed E-state index contributed by atoms with van der Waals surface area (Å²) in [5.74, 6) is 0.579. The van der Waals surface area contributed by atoms with Crippen LogP contribution in [0.3, 0.4) is 0 Å². The van der Waals surface area contributed by atoms with E-state index in [1.807, 2.05) is 0 Å². The Morgan fingerprint density at radius 2 is 1.95 bits per heavy atom. The zero-order chi connectivity index (χ0) is 13.7. The molecule has 6 heteroatoms. The Balaban J connectivity index is 1.95. The summed E-state index contributed by atoms with van der Waals surface area (Å²) < 4.78 is 5.48. The highest BCUT2D eigenvalue weighted by atomic mass is 16.6. The number of nitro groups is 1. The van der Waals surface area contributed by atoms with Crippen molar-refractivity contribution in [2.75, 3.05) is 0 Å². The van der Waals surface area contributed by atoms with Crippen LogP contribution in [0.2, 0.25) is 0 Å². The van der Waals surface area contributed by atoms with E-state index in [-0.39, 0.29) is 12.3 Å². The number of aliphatic hydroxyl groups is 1. The van der Waals surface area contributed by atoms with E-state index in [1.165, 1.54) is 18.3 Å². The van der Waals surface area contributed by atoms with Crippen molar-refractivity contribution < 1.29 is 14.8 Å². The molecular formula is C13H12N2O4. The van der Waals surface area contributed by atoms with Gasteiger partial charge in [-0.15, -0.1) is 0 Å². The minimum absolute atomic E-state index is 0.0534. The molecule has 1 N–H and O–H groups in total. The molecule has 2 aromatic rings. The van der Waals surface area contributed by atoms with Crippen LogP contribution in [-0.4, -0.2) is 15.0 Å². The number of benzene rings is 1. The Morgan fingerprint density at radius 1 is 1.21 bits per heavy atom. The number of pyridine rings is 1. The Morgan fingerprint density at radius 3 is 2.47 bits per heavy atom. The molecule has 1 heterocycles. The first-order valence-electron chi connectivity index (χ1n) is 5.61. The highest BCUT2D eigenvalue weighted by Crippen LogP contribution is 2.15. The predicted molar refractivity (Wildman–Crippen MR) is 67.6 cm³/mol. The number of nitro benzene ring substituents is 1. The smallest absolute Gasteiger partial charge is 0.269 e. The van der Waals surface area contributed by atoms with Gasteiger partial charge in [0.2, 0.25) is 0 Å². The Labute approximate surface area is 109 Å². The third-order valence-corrected chi connectivity index (χ3v) is 2.51. The maximum Gasteiger partial charge on any atom is 0.269 e. The summed E-state index contributed by atoms with van der Waals surface area (Å²) in [4.78, 5) is 14.0. The van der Waals surface area contributed by atoms with Crippen molar-refractivity contribution in [3.05, 3.63) is 64.0 Å². The van der Waals surface area contributed by atoms with Gasteiger partial charge in [0, 0.05) is 12.1 Å². The zero-order valence-electron chi connectivity index (χ0n) is 10.0. The third kappa shape index (κ3) is 3.49. The van der Waals surface area contributed by atoms with E-state index >= 15 is 0 Å². The zero-order valence-corrected chi connectivity index (χ0v) is 10.0. The first-order chi connectivity index (χ1) is 9.19. The molecular weight excluding hydrogens is 248 g/mol. The normalized spacial score (nSPS) is 10.2. The minimum Gasteiger partial charge on any atom is -0.487 e. The fourth-order valence-electron chi connectivity index (χ4n) is 1.47. The van der Waals surface area contributed by atoms with Crippen LogP contribution in [0.4, 0.5) is 5.69 Å². The Hall–Kier alpha value is -2.47. The molecule has 6 nitrogen and oxygen atoms in total. The van der Waals surface area contributed by atoms with Crippen molar-refractivity contribution in [1.29, 1.82) is 0 Å². The lowest BCUT2D eigenvalue weighted by Gasteiger charge is -2.06. The van der Waals surface area contributed by atoms with E-state index in [2.05, 4.69) is 4.98 Å². The summed E-state index contributed by atoms with van der Waals surface area (Å²) >= 11 is 0. The number of aliphatic hydroxyl groups excluding tert-OH is 1. The summed E-state index contributed by atoms with van der Waals surface area (Å²) in [5.41, 5.74) is 1.46. The second-order valence-corrected chi connectivity index (χ2v) is 3.86. The minimum atomic E-state index is -0.442. The second-order valence-electron chi connectivity index (χ2n) is 3.86. The van der Waals surface area contributed by atoms with Crippen molar-refractivity contribution in [2.24, 2.45) is 0 Å². The second kappa shape index (κ2) is 5.92. The van der Waals surface area contributed by atoms with Crippen LogP contribution in [0.5, 0.6) is 5.75 Å². The largest absolute Gasteiger partial charge is 0.487 e. The van der Waals surface area contributed by atoms with Gasteiger partial charge in [-0.3, -0.25) is 15.1 Å². The summed E-state index contributed by atoms with van der Waals surface area (Å²) in [7, 11) is 0. The van der Waals surface area contributed by atoms with E-state index in [1.54, 1.807) is 24.3 Å². The molecule has 0 atom stereocenters. The van der Waals surface area contributed by atoms with Crippen LogP contribution in [0, 0.1) is 10.1 Å². The molecule has 19 heavy (non-hydrogen) atoms. The van der Waals surface area contributed by atoms with Gasteiger partial charge in [0.05, 0.1) is 23.4 Å². The number of hydrogen-bond acceptors (Lipinski definition) is 5. The van der Waals surface area contributed by atoms with Gasteiger partial charge in [0.1, 0.15) is 12.4 Å². The molecule has 0 aliphatic carbocycles. The lowest BCUT2D eigenvalue weighted by atomic mass is 10.2. The molecule has 0 fully saturated rings. The van der Waals surface area contributed by atoms with E-state index in [9.17, 15) is 10.1 Å². The van der Waals surface area contributed by atoms with Crippen molar-refractivity contribution >= 4 is 5.69 Å². The van der Waals surface area contributed by atoms with Crippen molar-refractivity contribution in [3.63, 3.8) is 0 Å². The van der Waals surface area contributed by atoms with Gasteiger partial charge in [0.25, 0.3) is 5.69 Å². The molecule has 0 spiro atoms. The number of non-ortho nitro benzene ring substituents is 1. The Kier molecular flexibility index (Phi) is 4.04. The fraction of sp³-hybridized carbons (Fsp3) is 0.154. The van der Waals surface area contributed by atoms with Gasteiger partial charge in [-0.25, -0.2) is 0 Å². The molecule has 2 rings (SSSR count). The average Bonchev–Trinajstić information content (AvgIpc) is 2.46. The van der Waals surface area contributed by atoms with Crippen molar-refractivity contribution in [1.82, 2.24) is 4.98 Å². The number of ether oxygens (including phenoxy) is 1. The quantitative estimate of drug-likeness (QED) is 0.657. The molecule has 0 bridgehead atoms. The summed E-state index contributed by atoms with van der Waals surface area (Å²) in [5, 5.41) is 19.3. The van der Waals surface area contributed by atoms with Gasteiger partial charge >= 0.3 is 0 Å². The molecule has 1 aromatic heterocycles. The van der Waals surface area contributed by atoms with Gasteiger partial charge in [-0.2, -0.15) is 0 Å². The van der Waals surface area contributed by atoms with E-state index < -0.39 is 4.92 Å². The average molecular weight is 260 g/mol.